The number of ketones is 1. The third-order valence-corrected chi connectivity index (χ3v) is 2.13. The van der Waals surface area contributed by atoms with E-state index in [2.05, 4.69) is 5.16 Å². The van der Waals surface area contributed by atoms with Gasteiger partial charge in [-0.25, -0.2) is 0 Å². The Morgan fingerprint density at radius 2 is 2.13 bits per heavy atom. The Bertz CT molecular complexity index is 507. The fraction of sp³-hybridized carbons (Fsp3) is 0.0909. The van der Waals surface area contributed by atoms with Crippen molar-refractivity contribution in [1.29, 1.82) is 0 Å². The molecule has 0 spiro atoms. The summed E-state index contributed by atoms with van der Waals surface area (Å²) in [7, 11) is 0. The van der Waals surface area contributed by atoms with Gasteiger partial charge in [0, 0.05) is 5.39 Å². The van der Waals surface area contributed by atoms with Crippen LogP contribution in [0.2, 0.25) is 0 Å². The van der Waals surface area contributed by atoms with E-state index in [1.54, 1.807) is 12.1 Å². The van der Waals surface area contributed by atoms with Crippen molar-refractivity contribution in [3.63, 3.8) is 0 Å². The number of carbonyl (C=O) groups excluding carboxylic acids is 1. The van der Waals surface area contributed by atoms with E-state index in [4.69, 9.17) is 9.62 Å². The third-order valence-electron chi connectivity index (χ3n) is 2.13. The lowest BCUT2D eigenvalue weighted by Gasteiger charge is -1.91. The van der Waals surface area contributed by atoms with Gasteiger partial charge in [0.05, 0.1) is 0 Å². The summed E-state index contributed by atoms with van der Waals surface area (Å²) in [5.41, 5.74) is 0.653. The Morgan fingerprint density at radius 3 is 2.80 bits per heavy atom. The summed E-state index contributed by atoms with van der Waals surface area (Å²) in [6.07, 6.45) is 0. The Balaban J connectivity index is 2.50. The molecule has 76 valence electrons. The number of fused-ring (bicyclic) bond motifs is 1. The summed E-state index contributed by atoms with van der Waals surface area (Å²) in [6, 6.07) is 8.94. The Hall–Kier alpha value is -2.10. The maximum Gasteiger partial charge on any atom is 0.245 e. The van der Waals surface area contributed by atoms with Gasteiger partial charge in [0.25, 0.3) is 0 Å². The van der Waals surface area contributed by atoms with Crippen molar-refractivity contribution in [2.45, 2.75) is 6.92 Å². The zero-order valence-corrected chi connectivity index (χ0v) is 8.10. The maximum atomic E-state index is 11.6. The van der Waals surface area contributed by atoms with Crippen molar-refractivity contribution >= 4 is 22.5 Å². The van der Waals surface area contributed by atoms with Crippen LogP contribution >= 0.6 is 0 Å². The van der Waals surface area contributed by atoms with Gasteiger partial charge in [0.2, 0.25) is 5.78 Å². The van der Waals surface area contributed by atoms with Crippen LogP contribution in [-0.2, 0) is 0 Å². The third kappa shape index (κ3) is 1.61. The molecule has 4 heteroatoms. The molecule has 0 unspecified atom stereocenters. The average molecular weight is 203 g/mol. The van der Waals surface area contributed by atoms with Crippen LogP contribution in [-0.4, -0.2) is 16.7 Å². The van der Waals surface area contributed by atoms with Crippen LogP contribution < -0.4 is 0 Å². The normalized spacial score (nSPS) is 11.9. The van der Waals surface area contributed by atoms with Gasteiger partial charge in [-0.15, -0.1) is 0 Å². The van der Waals surface area contributed by atoms with E-state index in [-0.39, 0.29) is 11.5 Å². The second-order valence-corrected chi connectivity index (χ2v) is 3.16. The molecule has 1 aromatic carbocycles. The predicted molar refractivity (Wildman–Crippen MR) is 55.4 cm³/mol. The first kappa shape index (κ1) is 9.45. The van der Waals surface area contributed by atoms with Gasteiger partial charge in [-0.1, -0.05) is 23.4 Å². The minimum absolute atomic E-state index is 0.00839. The molecule has 15 heavy (non-hydrogen) atoms. The van der Waals surface area contributed by atoms with E-state index in [1.807, 2.05) is 18.2 Å². The number of benzene rings is 1. The number of hydrogen-bond donors (Lipinski definition) is 1. The summed E-state index contributed by atoms with van der Waals surface area (Å²) in [5.74, 6) is -0.222. The number of rotatable bonds is 2. The van der Waals surface area contributed by atoms with Gasteiger partial charge in [0.1, 0.15) is 11.3 Å². The molecule has 0 radical (unpaired) electrons. The monoisotopic (exact) mass is 203 g/mol. The van der Waals surface area contributed by atoms with E-state index >= 15 is 0 Å². The fourth-order valence-corrected chi connectivity index (χ4v) is 1.32. The molecule has 0 bridgehead atoms. The first-order valence-corrected chi connectivity index (χ1v) is 4.44. The fourth-order valence-electron chi connectivity index (χ4n) is 1.32. The molecule has 0 fully saturated rings. The lowest BCUT2D eigenvalue weighted by Crippen LogP contribution is -2.08. The van der Waals surface area contributed by atoms with E-state index in [1.165, 1.54) is 6.92 Å². The summed E-state index contributed by atoms with van der Waals surface area (Å²) in [6.45, 7) is 1.43. The van der Waals surface area contributed by atoms with Crippen molar-refractivity contribution in [2.24, 2.45) is 5.16 Å². The standard InChI is InChI=1S/C11H9NO3/c1-7(12-14)11(13)10-6-8-4-2-3-5-9(8)15-10/h2-6,14H,1H3/b12-7+. The first-order chi connectivity index (χ1) is 7.22. The highest BCUT2D eigenvalue weighted by Crippen LogP contribution is 2.19. The van der Waals surface area contributed by atoms with Crippen molar-refractivity contribution in [1.82, 2.24) is 0 Å². The van der Waals surface area contributed by atoms with Crippen molar-refractivity contribution in [3.05, 3.63) is 36.1 Å². The highest BCUT2D eigenvalue weighted by Gasteiger charge is 2.15. The van der Waals surface area contributed by atoms with Crippen LogP contribution in [0.25, 0.3) is 11.0 Å². The number of Topliss-reactive ketones (excluding diaryl/α,β-unsaturated/α-hetero) is 1. The summed E-state index contributed by atoms with van der Waals surface area (Å²) in [5, 5.41) is 12.2. The van der Waals surface area contributed by atoms with E-state index in [0.29, 0.717) is 5.58 Å². The summed E-state index contributed by atoms with van der Waals surface area (Å²) in [4.78, 5) is 11.6. The van der Waals surface area contributed by atoms with Crippen LogP contribution in [0.3, 0.4) is 0 Å². The molecular formula is C11H9NO3. The number of hydrogen-bond acceptors (Lipinski definition) is 4. The van der Waals surface area contributed by atoms with Crippen LogP contribution in [0.1, 0.15) is 17.5 Å². The second kappa shape index (κ2) is 3.57. The smallest absolute Gasteiger partial charge is 0.245 e. The molecule has 0 saturated carbocycles. The Morgan fingerprint density at radius 1 is 1.40 bits per heavy atom. The molecule has 0 saturated heterocycles. The van der Waals surface area contributed by atoms with Gasteiger partial charge in [-0.2, -0.15) is 0 Å². The molecule has 1 heterocycles. The second-order valence-electron chi connectivity index (χ2n) is 3.16. The van der Waals surface area contributed by atoms with Gasteiger partial charge in [0.15, 0.2) is 5.76 Å². The molecule has 0 atom stereocenters. The highest BCUT2D eigenvalue weighted by atomic mass is 16.4. The van der Waals surface area contributed by atoms with Gasteiger partial charge in [-0.05, 0) is 19.1 Å². The van der Waals surface area contributed by atoms with E-state index < -0.39 is 5.78 Å². The Kier molecular flexibility index (Phi) is 2.25. The molecule has 2 rings (SSSR count). The molecule has 0 aliphatic heterocycles. The number of oxime groups is 1. The lowest BCUT2D eigenvalue weighted by molar-refractivity contribution is 0.103. The van der Waals surface area contributed by atoms with Gasteiger partial charge in [-0.3, -0.25) is 4.79 Å². The number of nitrogens with zero attached hydrogens (tertiary/aromatic N) is 1. The van der Waals surface area contributed by atoms with Crippen LogP contribution in [0, 0.1) is 0 Å². The van der Waals surface area contributed by atoms with Crippen molar-refractivity contribution in [3.8, 4) is 0 Å². The van der Waals surface area contributed by atoms with Gasteiger partial charge >= 0.3 is 0 Å². The zero-order valence-electron chi connectivity index (χ0n) is 8.10. The van der Waals surface area contributed by atoms with Crippen molar-refractivity contribution < 1.29 is 14.4 Å². The molecule has 1 N–H and O–H groups in total. The van der Waals surface area contributed by atoms with Crippen LogP contribution in [0.15, 0.2) is 39.9 Å². The minimum Gasteiger partial charge on any atom is -0.453 e. The molecule has 0 amide bonds. The quantitative estimate of drug-likeness (QED) is 0.353. The van der Waals surface area contributed by atoms with Crippen molar-refractivity contribution in [2.75, 3.05) is 0 Å². The van der Waals surface area contributed by atoms with E-state index in [9.17, 15) is 4.79 Å². The highest BCUT2D eigenvalue weighted by molar-refractivity contribution is 6.44. The first-order valence-electron chi connectivity index (χ1n) is 4.44. The Labute approximate surface area is 85.8 Å². The SMILES string of the molecule is C/C(=N\O)C(=O)c1cc2ccccc2o1. The molecular weight excluding hydrogens is 194 g/mol. The summed E-state index contributed by atoms with van der Waals surface area (Å²) < 4.78 is 5.31. The number of carbonyl (C=O) groups is 1. The average Bonchev–Trinajstić information content (AvgIpc) is 2.70. The van der Waals surface area contributed by atoms with Crippen LogP contribution in [0.4, 0.5) is 0 Å². The van der Waals surface area contributed by atoms with E-state index in [0.717, 1.165) is 5.39 Å². The lowest BCUT2D eigenvalue weighted by atomic mass is 10.2. The molecule has 4 nitrogen and oxygen atoms in total. The van der Waals surface area contributed by atoms with Crippen LogP contribution in [0.5, 0.6) is 0 Å². The largest absolute Gasteiger partial charge is 0.453 e. The summed E-state index contributed by atoms with van der Waals surface area (Å²) >= 11 is 0. The topological polar surface area (TPSA) is 62.8 Å². The number of para-hydroxylation sites is 1. The molecule has 1 aromatic heterocycles. The number of furan rings is 1. The molecule has 0 aliphatic carbocycles. The van der Waals surface area contributed by atoms with Gasteiger partial charge < -0.3 is 9.62 Å². The molecule has 2 aromatic rings. The maximum absolute atomic E-state index is 11.6. The predicted octanol–water partition coefficient (Wildman–Crippen LogP) is 2.47. The zero-order chi connectivity index (χ0) is 10.8. The minimum atomic E-state index is -0.409. The molecule has 0 aliphatic rings.